The highest BCUT2D eigenvalue weighted by atomic mass is 19.1. The highest BCUT2D eigenvalue weighted by molar-refractivity contribution is 6.14. The maximum Gasteiger partial charge on any atom is 0.290 e. The number of aliphatic hydroxyl groups excluding tert-OH is 1. The number of allylic oxidation sites excluding steroid dienone is 1. The van der Waals surface area contributed by atoms with Gasteiger partial charge in [0.05, 0.1) is 18.2 Å². The quantitative estimate of drug-likeness (QED) is 0.746. The van der Waals surface area contributed by atoms with Crippen LogP contribution in [0.3, 0.4) is 0 Å². The van der Waals surface area contributed by atoms with E-state index in [-0.39, 0.29) is 24.3 Å². The van der Waals surface area contributed by atoms with Crippen LogP contribution in [0.15, 0.2) is 72.0 Å². The van der Waals surface area contributed by atoms with Crippen molar-refractivity contribution in [1.82, 2.24) is 4.90 Å². The number of benzene rings is 2. The summed E-state index contributed by atoms with van der Waals surface area (Å²) < 4.78 is 19.5. The number of methoxy groups -OCH3 is 1. The van der Waals surface area contributed by atoms with Crippen LogP contribution in [-0.4, -0.2) is 42.0 Å². The van der Waals surface area contributed by atoms with E-state index < -0.39 is 29.3 Å². The normalized spacial score (nSPS) is 17.0. The number of nitrogens with zero attached hydrogens (tertiary/aromatic N) is 1. The van der Waals surface area contributed by atoms with Crippen molar-refractivity contribution in [3.63, 3.8) is 0 Å². The smallest absolute Gasteiger partial charge is 0.290 e. The Hall–Kier alpha value is -3.25. The molecule has 1 N–H and O–H groups in total. The first-order valence-electron chi connectivity index (χ1n) is 8.79. The van der Waals surface area contributed by atoms with E-state index in [4.69, 9.17) is 4.74 Å². The zero-order chi connectivity index (χ0) is 20.1. The van der Waals surface area contributed by atoms with Gasteiger partial charge in [0.15, 0.2) is 11.5 Å². The fraction of sp³-hybridized carbons (Fsp3) is 0.182. The zero-order valence-electron chi connectivity index (χ0n) is 15.3. The van der Waals surface area contributed by atoms with Gasteiger partial charge in [0.25, 0.3) is 5.91 Å². The topological polar surface area (TPSA) is 66.8 Å². The average molecular weight is 381 g/mol. The maximum absolute atomic E-state index is 14.5. The Morgan fingerprint density at radius 1 is 1.18 bits per heavy atom. The zero-order valence-corrected chi connectivity index (χ0v) is 15.3. The predicted molar refractivity (Wildman–Crippen MR) is 103 cm³/mol. The molecule has 144 valence electrons. The second kappa shape index (κ2) is 8.63. The van der Waals surface area contributed by atoms with Gasteiger partial charge in [-0.2, -0.15) is 0 Å². The molecule has 5 nitrogen and oxygen atoms in total. The Balaban J connectivity index is 2.00. The van der Waals surface area contributed by atoms with E-state index in [0.717, 1.165) is 5.56 Å². The molecule has 0 saturated carbocycles. The molecule has 0 saturated heterocycles. The summed E-state index contributed by atoms with van der Waals surface area (Å²) in [6.07, 6.45) is 2.87. The number of ketones is 1. The van der Waals surface area contributed by atoms with Crippen molar-refractivity contribution < 1.29 is 23.8 Å². The van der Waals surface area contributed by atoms with E-state index >= 15 is 0 Å². The van der Waals surface area contributed by atoms with Crippen molar-refractivity contribution in [2.45, 2.75) is 6.04 Å². The van der Waals surface area contributed by atoms with Crippen molar-refractivity contribution in [2.24, 2.45) is 0 Å². The van der Waals surface area contributed by atoms with Gasteiger partial charge in [0.1, 0.15) is 5.82 Å². The largest absolute Gasteiger partial charge is 0.503 e. The SMILES string of the molecule is COCCN1C(=O)C(O)=C(C(=O)/C=C/c2ccccc2)C1c1ccccc1F. The molecule has 0 spiro atoms. The van der Waals surface area contributed by atoms with Crippen molar-refractivity contribution in [2.75, 3.05) is 20.3 Å². The Kier molecular flexibility index (Phi) is 6.01. The number of carbonyl (C=O) groups excluding carboxylic acids is 2. The molecule has 1 aliphatic heterocycles. The monoisotopic (exact) mass is 381 g/mol. The molecular weight excluding hydrogens is 361 g/mol. The third kappa shape index (κ3) is 3.87. The van der Waals surface area contributed by atoms with E-state index in [2.05, 4.69) is 0 Å². The van der Waals surface area contributed by atoms with Crippen molar-refractivity contribution in [1.29, 1.82) is 0 Å². The molecule has 28 heavy (non-hydrogen) atoms. The molecule has 6 heteroatoms. The first-order valence-corrected chi connectivity index (χ1v) is 8.79. The van der Waals surface area contributed by atoms with Crippen LogP contribution in [-0.2, 0) is 14.3 Å². The summed E-state index contributed by atoms with van der Waals surface area (Å²) in [7, 11) is 1.47. The number of ether oxygens (including phenoxy) is 1. The lowest BCUT2D eigenvalue weighted by Crippen LogP contribution is -2.34. The number of hydrogen-bond acceptors (Lipinski definition) is 4. The number of amides is 1. The van der Waals surface area contributed by atoms with Gasteiger partial charge in [-0.05, 0) is 17.7 Å². The first-order chi connectivity index (χ1) is 13.5. The number of carbonyl (C=O) groups is 2. The molecular formula is C22H20FNO4. The van der Waals surface area contributed by atoms with Crippen LogP contribution in [0, 0.1) is 5.82 Å². The lowest BCUT2D eigenvalue weighted by Gasteiger charge is -2.26. The van der Waals surface area contributed by atoms with E-state index in [1.165, 1.54) is 36.3 Å². The molecule has 1 heterocycles. The summed E-state index contributed by atoms with van der Waals surface area (Å²) in [5.74, 6) is -2.49. The van der Waals surface area contributed by atoms with Gasteiger partial charge in [-0.15, -0.1) is 0 Å². The highest BCUT2D eigenvalue weighted by Gasteiger charge is 2.43. The van der Waals surface area contributed by atoms with Gasteiger partial charge in [0.2, 0.25) is 0 Å². The summed E-state index contributed by atoms with van der Waals surface area (Å²) in [6, 6.07) is 14.0. The van der Waals surface area contributed by atoms with Crippen molar-refractivity contribution in [3.05, 3.63) is 88.9 Å². The van der Waals surface area contributed by atoms with Gasteiger partial charge < -0.3 is 14.7 Å². The fourth-order valence-electron chi connectivity index (χ4n) is 3.17. The predicted octanol–water partition coefficient (Wildman–Crippen LogP) is 3.45. The third-order valence-electron chi connectivity index (χ3n) is 4.53. The van der Waals surface area contributed by atoms with E-state index in [1.807, 2.05) is 30.3 Å². The van der Waals surface area contributed by atoms with Gasteiger partial charge in [-0.3, -0.25) is 9.59 Å². The summed E-state index contributed by atoms with van der Waals surface area (Å²) in [5.41, 5.74) is 0.796. The molecule has 1 atom stereocenters. The minimum Gasteiger partial charge on any atom is -0.503 e. The first kappa shape index (κ1) is 19.5. The Morgan fingerprint density at radius 2 is 1.86 bits per heavy atom. The third-order valence-corrected chi connectivity index (χ3v) is 4.53. The summed E-state index contributed by atoms with van der Waals surface area (Å²) in [5, 5.41) is 10.4. The standard InChI is InChI=1S/C22H20FNO4/c1-28-14-13-24-20(16-9-5-6-10-17(16)23)19(21(26)22(24)27)18(25)12-11-15-7-3-2-4-8-15/h2-12,20,26H,13-14H2,1H3/b12-11+. The molecule has 1 unspecified atom stereocenters. The number of hydrogen-bond donors (Lipinski definition) is 1. The van der Waals surface area contributed by atoms with Crippen LogP contribution in [0.1, 0.15) is 17.2 Å². The van der Waals surface area contributed by atoms with Crippen LogP contribution < -0.4 is 0 Å². The van der Waals surface area contributed by atoms with Crippen molar-refractivity contribution >= 4 is 17.8 Å². The van der Waals surface area contributed by atoms with Gasteiger partial charge in [0, 0.05) is 19.2 Å². The second-order valence-electron chi connectivity index (χ2n) is 6.29. The van der Waals surface area contributed by atoms with Gasteiger partial charge >= 0.3 is 0 Å². The van der Waals surface area contributed by atoms with Crippen LogP contribution >= 0.6 is 0 Å². The number of rotatable bonds is 7. The molecule has 0 aliphatic carbocycles. The minimum absolute atomic E-state index is 0.109. The molecule has 2 aromatic rings. The highest BCUT2D eigenvalue weighted by Crippen LogP contribution is 2.38. The fourth-order valence-corrected chi connectivity index (χ4v) is 3.17. The molecule has 2 aromatic carbocycles. The summed E-state index contributed by atoms with van der Waals surface area (Å²) >= 11 is 0. The van der Waals surface area contributed by atoms with Crippen LogP contribution in [0.4, 0.5) is 4.39 Å². The number of aliphatic hydroxyl groups is 1. The Bertz CT molecular complexity index is 937. The van der Waals surface area contributed by atoms with Crippen molar-refractivity contribution in [3.8, 4) is 0 Å². The summed E-state index contributed by atoms with van der Waals surface area (Å²) in [4.78, 5) is 26.7. The van der Waals surface area contributed by atoms with Gasteiger partial charge in [-0.1, -0.05) is 54.6 Å². The molecule has 0 radical (unpaired) electrons. The van der Waals surface area contributed by atoms with E-state index in [1.54, 1.807) is 12.1 Å². The summed E-state index contributed by atoms with van der Waals surface area (Å²) in [6.45, 7) is 0.295. The lowest BCUT2D eigenvalue weighted by atomic mass is 9.95. The molecule has 0 aromatic heterocycles. The minimum atomic E-state index is -1.02. The molecule has 1 amide bonds. The van der Waals surface area contributed by atoms with E-state index in [0.29, 0.717) is 0 Å². The second-order valence-corrected chi connectivity index (χ2v) is 6.29. The van der Waals surface area contributed by atoms with Crippen LogP contribution in [0.2, 0.25) is 0 Å². The molecule has 3 rings (SSSR count). The molecule has 1 aliphatic rings. The lowest BCUT2D eigenvalue weighted by molar-refractivity contribution is -0.130. The molecule has 0 fully saturated rings. The Labute approximate surface area is 162 Å². The van der Waals surface area contributed by atoms with Gasteiger partial charge in [-0.25, -0.2) is 4.39 Å². The van der Waals surface area contributed by atoms with Crippen LogP contribution in [0.25, 0.3) is 6.08 Å². The average Bonchev–Trinajstić information content (AvgIpc) is 2.96. The molecule has 0 bridgehead atoms. The van der Waals surface area contributed by atoms with E-state index in [9.17, 15) is 19.1 Å². The van der Waals surface area contributed by atoms with Crippen LogP contribution in [0.5, 0.6) is 0 Å². The Morgan fingerprint density at radius 3 is 2.54 bits per heavy atom. The number of halogens is 1. The maximum atomic E-state index is 14.5.